The first-order chi connectivity index (χ1) is 10.5. The summed E-state index contributed by atoms with van der Waals surface area (Å²) in [5, 5.41) is 3.97. The Kier molecular flexibility index (Phi) is 4.22. The number of nitrogens with zero attached hydrogens (tertiary/aromatic N) is 2. The monoisotopic (exact) mass is 355 g/mol. The van der Waals surface area contributed by atoms with E-state index in [0.29, 0.717) is 9.85 Å². The topological polar surface area (TPSA) is 64.0 Å². The highest BCUT2D eigenvalue weighted by atomic mass is 35.5. The quantitative estimate of drug-likeness (QED) is 0.764. The predicted molar refractivity (Wildman–Crippen MR) is 89.3 cm³/mol. The van der Waals surface area contributed by atoms with Gasteiger partial charge in [0.1, 0.15) is 4.21 Å². The van der Waals surface area contributed by atoms with Crippen LogP contribution in [-0.4, -0.2) is 31.0 Å². The van der Waals surface area contributed by atoms with Crippen molar-refractivity contribution in [3.63, 3.8) is 0 Å². The largest absolute Gasteiger partial charge is 0.319 e. The molecule has 0 spiro atoms. The van der Waals surface area contributed by atoms with Crippen LogP contribution in [0, 0.1) is 0 Å². The van der Waals surface area contributed by atoms with Crippen LogP contribution in [0.4, 0.5) is 0 Å². The molecule has 8 heteroatoms. The van der Waals surface area contributed by atoms with E-state index >= 15 is 0 Å². The Morgan fingerprint density at radius 2 is 2.18 bits per heavy atom. The zero-order valence-electron chi connectivity index (χ0n) is 11.8. The molecule has 0 radical (unpaired) electrons. The summed E-state index contributed by atoms with van der Waals surface area (Å²) in [5.74, 6) is 0. The van der Waals surface area contributed by atoms with Crippen molar-refractivity contribution in [2.75, 3.05) is 13.6 Å². The lowest BCUT2D eigenvalue weighted by molar-refractivity contribution is 0.591. The van der Waals surface area contributed by atoms with Crippen LogP contribution in [0.25, 0.3) is 10.9 Å². The van der Waals surface area contributed by atoms with Gasteiger partial charge in [-0.05, 0) is 43.8 Å². The van der Waals surface area contributed by atoms with Gasteiger partial charge in [-0.25, -0.2) is 3.97 Å². The van der Waals surface area contributed by atoms with E-state index in [9.17, 15) is 8.42 Å². The Morgan fingerprint density at radius 3 is 2.86 bits per heavy atom. The highest BCUT2D eigenvalue weighted by Gasteiger charge is 2.22. The van der Waals surface area contributed by atoms with Crippen LogP contribution in [0.3, 0.4) is 0 Å². The van der Waals surface area contributed by atoms with Crippen LogP contribution >= 0.6 is 22.9 Å². The number of aromatic nitrogens is 2. The molecule has 0 aromatic carbocycles. The van der Waals surface area contributed by atoms with Gasteiger partial charge in [-0.2, -0.15) is 8.42 Å². The van der Waals surface area contributed by atoms with Crippen LogP contribution < -0.4 is 5.32 Å². The molecule has 0 unspecified atom stereocenters. The predicted octanol–water partition coefficient (Wildman–Crippen LogP) is 2.75. The summed E-state index contributed by atoms with van der Waals surface area (Å²) < 4.78 is 27.6. The average molecular weight is 356 g/mol. The average Bonchev–Trinajstić information content (AvgIpc) is 3.10. The van der Waals surface area contributed by atoms with E-state index in [1.54, 1.807) is 24.7 Å². The summed E-state index contributed by atoms with van der Waals surface area (Å²) in [6.45, 7) is 0.770. The summed E-state index contributed by atoms with van der Waals surface area (Å²) in [6, 6.07) is 4.95. The third-order valence-corrected chi connectivity index (χ3v) is 6.73. The van der Waals surface area contributed by atoms with Crippen LogP contribution in [0.1, 0.15) is 5.56 Å². The van der Waals surface area contributed by atoms with Crippen molar-refractivity contribution in [3.05, 3.63) is 46.7 Å². The fourth-order valence-corrected chi connectivity index (χ4v) is 5.25. The molecule has 0 saturated heterocycles. The SMILES string of the molecule is CNCCc1cn(S(=O)(=O)c2ccc(Cl)s2)c2cnccc12. The van der Waals surface area contributed by atoms with Crippen LogP contribution in [0.5, 0.6) is 0 Å². The molecule has 3 rings (SSSR count). The van der Waals surface area contributed by atoms with Gasteiger partial charge in [0.25, 0.3) is 10.0 Å². The van der Waals surface area contributed by atoms with Gasteiger partial charge in [-0.15, -0.1) is 11.3 Å². The van der Waals surface area contributed by atoms with E-state index in [1.807, 2.05) is 13.1 Å². The zero-order chi connectivity index (χ0) is 15.7. The smallest absolute Gasteiger partial charge is 0.277 e. The minimum atomic E-state index is -3.66. The summed E-state index contributed by atoms with van der Waals surface area (Å²) in [4.78, 5) is 4.06. The Bertz CT molecular complexity index is 915. The molecule has 0 aliphatic rings. The number of likely N-dealkylation sites (N-methyl/N-ethyl adjacent to an activating group) is 1. The fourth-order valence-electron chi connectivity index (χ4n) is 2.30. The molecule has 1 N–H and O–H groups in total. The molecule has 3 aromatic rings. The van der Waals surface area contributed by atoms with Crippen LogP contribution in [-0.2, 0) is 16.4 Å². The molecule has 0 aliphatic carbocycles. The normalized spacial score (nSPS) is 12.1. The standard InChI is InChI=1S/C14H14ClN3O2S2/c1-16-6-4-10-9-18(12-8-17-7-5-11(10)12)22(19,20)14-3-2-13(15)21-14/h2-3,5,7-9,16H,4,6H2,1H3. The van der Waals surface area contributed by atoms with Gasteiger partial charge in [0.2, 0.25) is 0 Å². The number of halogens is 1. The third kappa shape index (κ3) is 2.65. The lowest BCUT2D eigenvalue weighted by Gasteiger charge is -2.04. The van der Waals surface area contributed by atoms with Gasteiger partial charge in [0.05, 0.1) is 16.0 Å². The molecule has 0 fully saturated rings. The second-order valence-electron chi connectivity index (χ2n) is 4.76. The van der Waals surface area contributed by atoms with E-state index in [4.69, 9.17) is 11.6 Å². The highest BCUT2D eigenvalue weighted by molar-refractivity contribution is 7.92. The fraction of sp³-hybridized carbons (Fsp3) is 0.214. The number of pyridine rings is 1. The first kappa shape index (κ1) is 15.5. The van der Waals surface area contributed by atoms with Crippen LogP contribution in [0.15, 0.2) is 41.0 Å². The van der Waals surface area contributed by atoms with Gasteiger partial charge >= 0.3 is 0 Å². The van der Waals surface area contributed by atoms with Gasteiger partial charge in [-0.1, -0.05) is 11.6 Å². The zero-order valence-corrected chi connectivity index (χ0v) is 14.2. The van der Waals surface area contributed by atoms with E-state index < -0.39 is 10.0 Å². The molecule has 3 heterocycles. The second-order valence-corrected chi connectivity index (χ2v) is 8.52. The minimum absolute atomic E-state index is 0.221. The summed E-state index contributed by atoms with van der Waals surface area (Å²) >= 11 is 6.92. The van der Waals surface area contributed by atoms with Gasteiger partial charge in [0, 0.05) is 17.8 Å². The van der Waals surface area contributed by atoms with Crippen molar-refractivity contribution in [1.29, 1.82) is 0 Å². The molecule has 0 bridgehead atoms. The Morgan fingerprint density at radius 1 is 1.36 bits per heavy atom. The molecular weight excluding hydrogens is 342 g/mol. The molecule has 22 heavy (non-hydrogen) atoms. The molecule has 5 nitrogen and oxygen atoms in total. The van der Waals surface area contributed by atoms with Crippen molar-refractivity contribution >= 4 is 43.9 Å². The maximum absolute atomic E-state index is 12.8. The summed E-state index contributed by atoms with van der Waals surface area (Å²) in [5.41, 5.74) is 1.55. The van der Waals surface area contributed by atoms with Crippen LogP contribution in [0.2, 0.25) is 4.34 Å². The van der Waals surface area contributed by atoms with Gasteiger partial charge < -0.3 is 5.32 Å². The number of hydrogen-bond donors (Lipinski definition) is 1. The van der Waals surface area contributed by atoms with Gasteiger partial charge in [0.15, 0.2) is 0 Å². The van der Waals surface area contributed by atoms with E-state index in [1.165, 1.54) is 10.0 Å². The van der Waals surface area contributed by atoms with Crippen molar-refractivity contribution in [3.8, 4) is 0 Å². The summed E-state index contributed by atoms with van der Waals surface area (Å²) in [6.07, 6.45) is 5.66. The van der Waals surface area contributed by atoms with E-state index in [-0.39, 0.29) is 4.21 Å². The van der Waals surface area contributed by atoms with E-state index in [2.05, 4.69) is 10.3 Å². The number of nitrogens with one attached hydrogen (secondary N) is 1. The van der Waals surface area contributed by atoms with Crippen molar-refractivity contribution in [2.45, 2.75) is 10.6 Å². The first-order valence-corrected chi connectivity index (χ1v) is 9.27. The molecule has 0 amide bonds. The number of thiophene rings is 1. The van der Waals surface area contributed by atoms with Crippen molar-refractivity contribution in [2.24, 2.45) is 0 Å². The molecule has 0 aliphatic heterocycles. The lowest BCUT2D eigenvalue weighted by atomic mass is 10.1. The maximum atomic E-state index is 12.8. The second kappa shape index (κ2) is 6.00. The Labute approximate surface area is 137 Å². The number of hydrogen-bond acceptors (Lipinski definition) is 5. The first-order valence-electron chi connectivity index (χ1n) is 6.63. The lowest BCUT2D eigenvalue weighted by Crippen LogP contribution is -2.11. The van der Waals surface area contributed by atoms with E-state index in [0.717, 1.165) is 35.3 Å². The number of fused-ring (bicyclic) bond motifs is 1. The summed E-state index contributed by atoms with van der Waals surface area (Å²) in [7, 11) is -1.79. The van der Waals surface area contributed by atoms with Crippen molar-refractivity contribution < 1.29 is 8.42 Å². The third-order valence-electron chi connectivity index (χ3n) is 3.36. The van der Waals surface area contributed by atoms with Gasteiger partial charge in [-0.3, -0.25) is 4.98 Å². The van der Waals surface area contributed by atoms with Crippen molar-refractivity contribution in [1.82, 2.24) is 14.3 Å². The Balaban J connectivity index is 2.18. The highest BCUT2D eigenvalue weighted by Crippen LogP contribution is 2.30. The molecule has 0 atom stereocenters. The Hall–Kier alpha value is -1.41. The minimum Gasteiger partial charge on any atom is -0.319 e. The molecule has 3 aromatic heterocycles. The maximum Gasteiger partial charge on any atom is 0.277 e. The molecule has 116 valence electrons. The number of rotatable bonds is 5. The molecule has 0 saturated carbocycles. The molecular formula is C14H14ClN3O2S2.